The summed E-state index contributed by atoms with van der Waals surface area (Å²) in [6, 6.07) is 14.4. The molecule has 0 unspecified atom stereocenters. The van der Waals surface area contributed by atoms with Crippen molar-refractivity contribution >= 4 is 21.9 Å². The van der Waals surface area contributed by atoms with Crippen molar-refractivity contribution in [3.63, 3.8) is 0 Å². The summed E-state index contributed by atoms with van der Waals surface area (Å²) in [5.74, 6) is 0.708. The van der Waals surface area contributed by atoms with Crippen LogP contribution >= 0.6 is 0 Å². The minimum Gasteiger partial charge on any atom is -0.379 e. The molecule has 0 spiro atoms. The number of aromatic nitrogens is 4. The smallest absolute Gasteiger partial charge is 0.330 e. The lowest BCUT2D eigenvalue weighted by Crippen LogP contribution is -2.38. The van der Waals surface area contributed by atoms with Crippen molar-refractivity contribution in [1.82, 2.24) is 24.0 Å². The number of nitrogens with zero attached hydrogens (tertiary/aromatic N) is 4. The predicted octanol–water partition coefficient (Wildman–Crippen LogP) is 2.45. The second-order valence-corrected chi connectivity index (χ2v) is 8.19. The second kappa shape index (κ2) is 8.72. The molecule has 1 aliphatic rings. The summed E-state index contributed by atoms with van der Waals surface area (Å²) in [6.45, 7) is 7.07. The van der Waals surface area contributed by atoms with Gasteiger partial charge in [-0.1, -0.05) is 43.3 Å². The monoisotopic (exact) mass is 433 g/mol. The van der Waals surface area contributed by atoms with E-state index in [0.29, 0.717) is 30.1 Å². The van der Waals surface area contributed by atoms with Crippen molar-refractivity contribution < 1.29 is 4.74 Å². The highest BCUT2D eigenvalue weighted by Gasteiger charge is 2.21. The van der Waals surface area contributed by atoms with E-state index in [4.69, 9.17) is 9.72 Å². The molecular weight excluding hydrogens is 406 g/mol. The summed E-state index contributed by atoms with van der Waals surface area (Å²) in [4.78, 5) is 35.1. The third kappa shape index (κ3) is 3.76. The number of hydrogen-bond donors (Lipinski definition) is 1. The number of aromatic amines is 1. The van der Waals surface area contributed by atoms with Crippen LogP contribution < -0.4 is 11.2 Å². The molecule has 1 saturated heterocycles. The maximum absolute atomic E-state index is 12.9. The fourth-order valence-corrected chi connectivity index (χ4v) is 4.44. The van der Waals surface area contributed by atoms with Gasteiger partial charge < -0.3 is 9.30 Å². The van der Waals surface area contributed by atoms with Crippen LogP contribution in [0.25, 0.3) is 33.3 Å². The van der Waals surface area contributed by atoms with E-state index < -0.39 is 5.69 Å². The van der Waals surface area contributed by atoms with Gasteiger partial charge >= 0.3 is 5.69 Å². The number of aryl methyl sites for hydroxylation is 1. The minimum absolute atomic E-state index is 0.390. The number of imidazole rings is 1. The molecule has 1 fully saturated rings. The first-order valence-corrected chi connectivity index (χ1v) is 11.2. The van der Waals surface area contributed by atoms with E-state index in [1.165, 1.54) is 0 Å². The zero-order chi connectivity index (χ0) is 22.1. The Morgan fingerprint density at radius 3 is 2.53 bits per heavy atom. The minimum atomic E-state index is -0.410. The van der Waals surface area contributed by atoms with Crippen LogP contribution in [0.4, 0.5) is 0 Å². The van der Waals surface area contributed by atoms with Crippen molar-refractivity contribution in [3.8, 4) is 11.4 Å². The molecule has 1 N–H and O–H groups in total. The van der Waals surface area contributed by atoms with Gasteiger partial charge in [0.15, 0.2) is 11.2 Å². The summed E-state index contributed by atoms with van der Waals surface area (Å²) < 4.78 is 9.01. The van der Waals surface area contributed by atoms with Crippen molar-refractivity contribution in [2.24, 2.45) is 0 Å². The van der Waals surface area contributed by atoms with Gasteiger partial charge in [0.1, 0.15) is 5.82 Å². The average Bonchev–Trinajstić information content (AvgIpc) is 3.20. The molecule has 0 saturated carbocycles. The zero-order valence-corrected chi connectivity index (χ0v) is 18.2. The summed E-state index contributed by atoms with van der Waals surface area (Å²) >= 11 is 0. The fourth-order valence-electron chi connectivity index (χ4n) is 4.44. The molecule has 3 heterocycles. The molecular formula is C24H27N5O3. The second-order valence-electron chi connectivity index (χ2n) is 8.19. The van der Waals surface area contributed by atoms with Gasteiger partial charge in [-0.15, -0.1) is 0 Å². The number of fused-ring (bicyclic) bond motifs is 2. The summed E-state index contributed by atoms with van der Waals surface area (Å²) in [5.41, 5.74) is 1.03. The molecule has 5 rings (SSSR count). The molecule has 8 nitrogen and oxygen atoms in total. The number of morpholine rings is 1. The van der Waals surface area contributed by atoms with Crippen LogP contribution in [0.3, 0.4) is 0 Å². The molecule has 2 aromatic heterocycles. The molecule has 0 bridgehead atoms. The first-order chi connectivity index (χ1) is 15.7. The summed E-state index contributed by atoms with van der Waals surface area (Å²) in [7, 11) is 0. The number of H-pyrrole nitrogens is 1. The highest BCUT2D eigenvalue weighted by molar-refractivity contribution is 5.87. The molecule has 166 valence electrons. The summed E-state index contributed by atoms with van der Waals surface area (Å²) in [6.07, 6.45) is 0.771. The van der Waals surface area contributed by atoms with E-state index in [9.17, 15) is 9.59 Å². The van der Waals surface area contributed by atoms with Crippen molar-refractivity contribution in [2.45, 2.75) is 26.4 Å². The van der Waals surface area contributed by atoms with E-state index in [1.54, 1.807) is 4.57 Å². The van der Waals surface area contributed by atoms with Gasteiger partial charge in [0.25, 0.3) is 5.56 Å². The van der Waals surface area contributed by atoms with E-state index in [0.717, 1.165) is 55.6 Å². The zero-order valence-electron chi connectivity index (χ0n) is 18.2. The van der Waals surface area contributed by atoms with Crippen LogP contribution in [-0.4, -0.2) is 56.9 Å². The summed E-state index contributed by atoms with van der Waals surface area (Å²) in [5, 5.41) is 2.25. The third-order valence-electron chi connectivity index (χ3n) is 6.08. The van der Waals surface area contributed by atoms with Crippen molar-refractivity contribution in [1.29, 1.82) is 0 Å². The van der Waals surface area contributed by atoms with E-state index in [-0.39, 0.29) is 5.56 Å². The lowest BCUT2D eigenvalue weighted by molar-refractivity contribution is 0.0365. The number of rotatable bonds is 6. The van der Waals surface area contributed by atoms with Gasteiger partial charge in [0, 0.05) is 38.3 Å². The molecule has 0 aliphatic carbocycles. The Labute approximate surface area is 185 Å². The van der Waals surface area contributed by atoms with Crippen molar-refractivity contribution in [2.75, 3.05) is 32.8 Å². The molecule has 4 aromatic rings. The first kappa shape index (κ1) is 20.7. The molecule has 0 radical (unpaired) electrons. The van der Waals surface area contributed by atoms with Crippen LogP contribution in [0.5, 0.6) is 0 Å². The Balaban J connectivity index is 1.68. The van der Waals surface area contributed by atoms with E-state index in [1.807, 2.05) is 29.7 Å². The van der Waals surface area contributed by atoms with Gasteiger partial charge in [-0.25, -0.2) is 9.78 Å². The standard InChI is InChI=1S/C24H27N5O3/c1-2-9-29-22-20(23(30)26-24(29)31)28(11-10-27-12-14-32-15-13-27)21(25-22)19-8-7-17-5-3-4-6-18(17)16-19/h3-8,16H,2,9-15H2,1H3,(H,26,30,31). The number of hydrogen-bond acceptors (Lipinski definition) is 5. The maximum atomic E-state index is 12.9. The van der Waals surface area contributed by atoms with E-state index in [2.05, 4.69) is 34.1 Å². The third-order valence-corrected chi connectivity index (χ3v) is 6.08. The van der Waals surface area contributed by atoms with Crippen LogP contribution in [0, 0.1) is 0 Å². The molecule has 0 amide bonds. The average molecular weight is 434 g/mol. The predicted molar refractivity (Wildman–Crippen MR) is 125 cm³/mol. The first-order valence-electron chi connectivity index (χ1n) is 11.2. The van der Waals surface area contributed by atoms with Gasteiger partial charge in [0.2, 0.25) is 0 Å². The van der Waals surface area contributed by atoms with Gasteiger partial charge in [-0.05, 0) is 23.3 Å². The van der Waals surface area contributed by atoms with Crippen molar-refractivity contribution in [3.05, 3.63) is 63.3 Å². The van der Waals surface area contributed by atoms with Gasteiger partial charge in [-0.3, -0.25) is 19.2 Å². The van der Waals surface area contributed by atoms with Crippen LogP contribution in [0.15, 0.2) is 52.1 Å². The largest absolute Gasteiger partial charge is 0.379 e. The maximum Gasteiger partial charge on any atom is 0.330 e. The molecule has 0 atom stereocenters. The Hall–Kier alpha value is -3.23. The highest BCUT2D eigenvalue weighted by Crippen LogP contribution is 2.26. The molecule has 2 aromatic carbocycles. The van der Waals surface area contributed by atoms with Gasteiger partial charge in [0.05, 0.1) is 13.2 Å². The van der Waals surface area contributed by atoms with Crippen LogP contribution in [0.2, 0.25) is 0 Å². The Morgan fingerprint density at radius 1 is 0.969 bits per heavy atom. The SMILES string of the molecule is CCCn1c(=O)[nH]c(=O)c2c1nc(-c1ccc3ccccc3c1)n2CCN1CCOCC1. The highest BCUT2D eigenvalue weighted by atomic mass is 16.5. The number of nitrogens with one attached hydrogen (secondary N) is 1. The molecule has 8 heteroatoms. The van der Waals surface area contributed by atoms with Gasteiger partial charge in [-0.2, -0.15) is 0 Å². The van der Waals surface area contributed by atoms with Crippen LogP contribution in [-0.2, 0) is 17.8 Å². The quantitative estimate of drug-likeness (QED) is 0.505. The fraction of sp³-hybridized carbons (Fsp3) is 0.375. The van der Waals surface area contributed by atoms with E-state index >= 15 is 0 Å². The lowest BCUT2D eigenvalue weighted by atomic mass is 10.1. The Kier molecular flexibility index (Phi) is 5.63. The lowest BCUT2D eigenvalue weighted by Gasteiger charge is -2.26. The Bertz CT molecular complexity index is 1380. The molecule has 32 heavy (non-hydrogen) atoms. The van der Waals surface area contributed by atoms with Crippen LogP contribution in [0.1, 0.15) is 13.3 Å². The normalized spacial score (nSPS) is 15.0. The number of ether oxygens (including phenoxy) is 1. The number of benzene rings is 2. The molecule has 1 aliphatic heterocycles. The Morgan fingerprint density at radius 2 is 1.75 bits per heavy atom. The topological polar surface area (TPSA) is 85.2 Å².